The average Bonchev–Trinajstić information content (AvgIpc) is 3.24. The lowest BCUT2D eigenvalue weighted by Crippen LogP contribution is -2.25. The first-order valence-corrected chi connectivity index (χ1v) is 21.0. The van der Waals surface area contributed by atoms with Crippen molar-refractivity contribution >= 4 is 22.7 Å². The first-order chi connectivity index (χ1) is 27.6. The number of hydrogen-bond acceptors (Lipinski definition) is 9. The highest BCUT2D eigenvalue weighted by molar-refractivity contribution is 5.45. The summed E-state index contributed by atoms with van der Waals surface area (Å²) in [6.07, 6.45) is 19.7. The molecule has 0 aliphatic heterocycles. The Balaban J connectivity index is 1.06. The van der Waals surface area contributed by atoms with Gasteiger partial charge in [-0.05, 0) is 110 Å². The number of aliphatic hydroxyl groups is 1. The molecule has 0 saturated carbocycles. The van der Waals surface area contributed by atoms with Gasteiger partial charge in [-0.25, -0.2) is 0 Å². The highest BCUT2D eigenvalue weighted by atomic mass is 16.5. The van der Waals surface area contributed by atoms with Crippen molar-refractivity contribution in [2.24, 2.45) is 20.5 Å². The molecule has 0 aliphatic rings. The summed E-state index contributed by atoms with van der Waals surface area (Å²) in [5, 5.41) is 27.8. The molecule has 0 atom stereocenters. The summed E-state index contributed by atoms with van der Waals surface area (Å²) in [4.78, 5) is 0. The normalized spacial score (nSPS) is 12.0. The quantitative estimate of drug-likeness (QED) is 0.0420. The van der Waals surface area contributed by atoms with Gasteiger partial charge in [0.1, 0.15) is 42.3 Å². The van der Waals surface area contributed by atoms with Gasteiger partial charge < -0.3 is 24.1 Å². The minimum Gasteiger partial charge on any atom is -0.494 e. The molecule has 9 nitrogen and oxygen atoms in total. The second-order valence-electron chi connectivity index (χ2n) is 14.3. The van der Waals surface area contributed by atoms with Crippen LogP contribution in [0.2, 0.25) is 0 Å². The molecular formula is C47H64N4O5. The smallest absolute Gasteiger partial charge is 0.122 e. The van der Waals surface area contributed by atoms with Gasteiger partial charge in [-0.15, -0.1) is 0 Å². The topological polar surface area (TPSA) is 107 Å². The molecular weight excluding hydrogens is 701 g/mol. The Morgan fingerprint density at radius 3 is 0.893 bits per heavy atom. The lowest BCUT2D eigenvalue weighted by molar-refractivity contribution is 0.0626. The molecule has 4 aromatic carbocycles. The van der Waals surface area contributed by atoms with Gasteiger partial charge >= 0.3 is 0 Å². The van der Waals surface area contributed by atoms with Crippen LogP contribution in [0.4, 0.5) is 22.7 Å². The molecule has 0 aliphatic carbocycles. The number of rotatable bonds is 30. The second-order valence-corrected chi connectivity index (χ2v) is 14.3. The summed E-state index contributed by atoms with van der Waals surface area (Å²) >= 11 is 0. The summed E-state index contributed by atoms with van der Waals surface area (Å²) in [5.41, 5.74) is 2.91. The van der Waals surface area contributed by atoms with E-state index in [2.05, 4.69) is 34.3 Å². The fourth-order valence-electron chi connectivity index (χ4n) is 5.95. The summed E-state index contributed by atoms with van der Waals surface area (Å²) in [7, 11) is 0. The van der Waals surface area contributed by atoms with Gasteiger partial charge in [0, 0.05) is 0 Å². The van der Waals surface area contributed by atoms with Crippen LogP contribution in [-0.2, 0) is 0 Å². The van der Waals surface area contributed by atoms with E-state index in [4.69, 9.17) is 18.9 Å². The van der Waals surface area contributed by atoms with Crippen LogP contribution >= 0.6 is 0 Å². The maximum absolute atomic E-state index is 10.4. The number of nitrogens with zero attached hydrogens (tertiary/aromatic N) is 4. The molecule has 9 heteroatoms. The van der Waals surface area contributed by atoms with Crippen molar-refractivity contribution in [3.8, 4) is 23.0 Å². The zero-order valence-electron chi connectivity index (χ0n) is 33.8. The number of unbranched alkanes of at least 4 members (excludes halogenated alkanes) is 14. The largest absolute Gasteiger partial charge is 0.494 e. The zero-order valence-corrected chi connectivity index (χ0v) is 33.8. The van der Waals surface area contributed by atoms with Crippen LogP contribution in [0, 0.1) is 0 Å². The average molecular weight is 765 g/mol. The van der Waals surface area contributed by atoms with Gasteiger partial charge in [0.15, 0.2) is 0 Å². The van der Waals surface area contributed by atoms with Crippen LogP contribution in [0.15, 0.2) is 118 Å². The number of ether oxygens (including phenoxy) is 4. The third-order valence-corrected chi connectivity index (χ3v) is 9.33. The molecule has 0 spiro atoms. The Kier molecular flexibility index (Phi) is 21.8. The van der Waals surface area contributed by atoms with Gasteiger partial charge in [0.25, 0.3) is 0 Å². The maximum Gasteiger partial charge on any atom is 0.122 e. The van der Waals surface area contributed by atoms with E-state index in [1.807, 2.05) is 72.8 Å². The van der Waals surface area contributed by atoms with Crippen molar-refractivity contribution in [2.75, 3.05) is 26.4 Å². The lowest BCUT2D eigenvalue weighted by atomic mass is 10.1. The predicted molar refractivity (Wildman–Crippen MR) is 227 cm³/mol. The zero-order chi connectivity index (χ0) is 39.3. The molecule has 1 N–H and O–H groups in total. The van der Waals surface area contributed by atoms with Gasteiger partial charge in [0.2, 0.25) is 0 Å². The van der Waals surface area contributed by atoms with E-state index in [0.29, 0.717) is 22.9 Å². The molecule has 302 valence electrons. The van der Waals surface area contributed by atoms with Gasteiger partial charge in [-0.3, -0.25) is 0 Å². The molecule has 0 fully saturated rings. The van der Waals surface area contributed by atoms with Gasteiger partial charge in [0.05, 0.1) is 36.0 Å². The maximum atomic E-state index is 10.4. The Labute approximate surface area is 335 Å². The van der Waals surface area contributed by atoms with Gasteiger partial charge in [-0.1, -0.05) is 104 Å². The molecule has 4 aromatic rings. The van der Waals surface area contributed by atoms with Crippen LogP contribution in [0.5, 0.6) is 23.0 Å². The highest BCUT2D eigenvalue weighted by Gasteiger charge is 2.08. The number of hydrogen-bond donors (Lipinski definition) is 1. The molecule has 0 unspecified atom stereocenters. The van der Waals surface area contributed by atoms with Crippen LogP contribution in [0.3, 0.4) is 0 Å². The van der Waals surface area contributed by atoms with Crippen molar-refractivity contribution in [1.82, 2.24) is 0 Å². The minimum absolute atomic E-state index is 0.0870. The minimum atomic E-state index is -0.812. The van der Waals surface area contributed by atoms with E-state index in [9.17, 15) is 5.11 Å². The molecule has 0 bridgehead atoms. The summed E-state index contributed by atoms with van der Waals surface area (Å²) in [6, 6.07) is 29.9. The molecule has 0 radical (unpaired) electrons. The van der Waals surface area contributed by atoms with E-state index in [1.54, 1.807) is 24.3 Å². The van der Waals surface area contributed by atoms with Crippen LogP contribution < -0.4 is 18.9 Å². The summed E-state index contributed by atoms with van der Waals surface area (Å²) in [5.74, 6) is 2.95. The monoisotopic (exact) mass is 764 g/mol. The predicted octanol–water partition coefficient (Wildman–Crippen LogP) is 14.4. The molecule has 56 heavy (non-hydrogen) atoms. The van der Waals surface area contributed by atoms with Crippen molar-refractivity contribution < 1.29 is 24.1 Å². The number of azo groups is 2. The van der Waals surface area contributed by atoms with E-state index < -0.39 is 6.10 Å². The van der Waals surface area contributed by atoms with E-state index in [0.717, 1.165) is 48.9 Å². The Morgan fingerprint density at radius 1 is 0.357 bits per heavy atom. The van der Waals surface area contributed by atoms with Crippen molar-refractivity contribution in [3.05, 3.63) is 97.1 Å². The van der Waals surface area contributed by atoms with Crippen molar-refractivity contribution in [2.45, 2.75) is 123 Å². The highest BCUT2D eigenvalue weighted by Crippen LogP contribution is 2.25. The molecule has 0 aromatic heterocycles. The van der Waals surface area contributed by atoms with Crippen LogP contribution in [-0.4, -0.2) is 37.6 Å². The number of aliphatic hydroxyl groups excluding tert-OH is 1. The van der Waals surface area contributed by atoms with E-state index in [-0.39, 0.29) is 13.2 Å². The van der Waals surface area contributed by atoms with Crippen molar-refractivity contribution in [3.63, 3.8) is 0 Å². The third kappa shape index (κ3) is 19.2. The summed E-state index contributed by atoms with van der Waals surface area (Å²) < 4.78 is 23.3. The fourth-order valence-corrected chi connectivity index (χ4v) is 5.95. The molecule has 0 heterocycles. The first kappa shape index (κ1) is 44.0. The third-order valence-electron chi connectivity index (χ3n) is 9.33. The SMILES string of the molecule is CCCCCCCCCCOc1ccc(N=Nc2ccc(OCC(O)COc3ccc(N=Nc4ccc(OCCCCCCCCCC)cc4)cc3)cc2)cc1. The standard InChI is InChI=1S/C47H64N4O5/c1-3-5-7-9-11-13-15-17-35-53-44-27-19-39(20-28-44)48-50-41-23-31-46(32-24-41)55-37-43(52)38-56-47-33-25-42(26-34-47)51-49-40-21-29-45(30-22-40)54-36-18-16-14-12-10-8-6-4-2/h19-34,43,52H,3-18,35-38H2,1-2H3. The Bertz CT molecular complexity index is 1500. The molecule has 4 rings (SSSR count). The Morgan fingerprint density at radius 2 is 0.607 bits per heavy atom. The first-order valence-electron chi connectivity index (χ1n) is 21.0. The summed E-state index contributed by atoms with van der Waals surface area (Å²) in [6.45, 7) is 6.16. The second kappa shape index (κ2) is 27.8. The molecule has 0 amide bonds. The van der Waals surface area contributed by atoms with Gasteiger partial charge in [-0.2, -0.15) is 20.5 Å². The fraction of sp³-hybridized carbons (Fsp3) is 0.489. The Hall–Kier alpha value is -4.76. The number of benzene rings is 4. The molecule has 0 saturated heterocycles. The van der Waals surface area contributed by atoms with Crippen LogP contribution in [0.1, 0.15) is 117 Å². The lowest BCUT2D eigenvalue weighted by Gasteiger charge is -2.13. The van der Waals surface area contributed by atoms with Crippen molar-refractivity contribution in [1.29, 1.82) is 0 Å². The van der Waals surface area contributed by atoms with E-state index >= 15 is 0 Å². The van der Waals surface area contributed by atoms with Crippen LogP contribution in [0.25, 0.3) is 0 Å². The van der Waals surface area contributed by atoms with E-state index in [1.165, 1.54) is 89.9 Å².